The predicted octanol–water partition coefficient (Wildman–Crippen LogP) is 2.75. The largest absolute Gasteiger partial charge is 0.459 e. The number of nitrogens with zero attached hydrogens (tertiary/aromatic N) is 6. The molecule has 12 heteroatoms. The molecule has 248 valence electrons. The number of likely N-dealkylation sites (tertiary alicyclic amines) is 1. The van der Waals surface area contributed by atoms with Gasteiger partial charge in [-0.15, -0.1) is 0 Å². The lowest BCUT2D eigenvalue weighted by Crippen LogP contribution is -2.42. The maximum absolute atomic E-state index is 13.1. The second-order valence-corrected chi connectivity index (χ2v) is 13.1. The summed E-state index contributed by atoms with van der Waals surface area (Å²) in [5, 5.41) is 12.8. The first-order chi connectivity index (χ1) is 22.4. The number of nitrogens with one attached hydrogen (secondary N) is 1. The lowest BCUT2D eigenvalue weighted by atomic mass is 9.69. The van der Waals surface area contributed by atoms with Crippen molar-refractivity contribution in [3.05, 3.63) is 86.2 Å². The third-order valence-corrected chi connectivity index (χ3v) is 9.21. The Balaban J connectivity index is 1.68. The van der Waals surface area contributed by atoms with Gasteiger partial charge in [0.15, 0.2) is 5.82 Å². The summed E-state index contributed by atoms with van der Waals surface area (Å²) in [5.41, 5.74) is 3.63. The van der Waals surface area contributed by atoms with Gasteiger partial charge in [0.2, 0.25) is 5.91 Å². The number of fused-ring (bicyclic) bond motifs is 2. The molecule has 1 N–H and O–H groups in total. The molecule has 1 aliphatic carbocycles. The lowest BCUT2D eigenvalue weighted by Gasteiger charge is -2.36. The summed E-state index contributed by atoms with van der Waals surface area (Å²) < 4.78 is 7.21. The minimum absolute atomic E-state index is 0.0519. The third-order valence-electron chi connectivity index (χ3n) is 9.21. The van der Waals surface area contributed by atoms with Crippen LogP contribution in [0.1, 0.15) is 87.9 Å². The normalized spacial score (nSPS) is 16.6. The van der Waals surface area contributed by atoms with Gasteiger partial charge in [-0.1, -0.05) is 12.1 Å². The highest BCUT2D eigenvalue weighted by Crippen LogP contribution is 2.47. The Morgan fingerprint density at radius 1 is 1.02 bits per heavy atom. The minimum Gasteiger partial charge on any atom is -0.345 e. The molecule has 1 atom stereocenters. The summed E-state index contributed by atoms with van der Waals surface area (Å²) in [7, 11) is 6.84. The lowest BCUT2D eigenvalue weighted by molar-refractivity contribution is -0.130. The van der Waals surface area contributed by atoms with E-state index in [0.29, 0.717) is 55.7 Å². The first-order valence-electron chi connectivity index (χ1n) is 16.1. The van der Waals surface area contributed by atoms with E-state index in [9.17, 15) is 24.4 Å². The molecular formula is C35H43N7O5. The monoisotopic (exact) mass is 641 g/mol. The van der Waals surface area contributed by atoms with Crippen LogP contribution in [0.15, 0.2) is 45.7 Å². The Morgan fingerprint density at radius 2 is 1.60 bits per heavy atom. The molecule has 0 spiro atoms. The van der Waals surface area contributed by atoms with E-state index < -0.39 is 17.2 Å². The standard InChI is InChI=1S/C35H43N7O5/c1-22(2)42-33(38-34(46)47-42)35(15-16-37-21-30(43)41-17-7-8-27(41)20-36)28-13-11-25(31(44)39(3)4)18-23(28)9-10-24-19-26(12-14-29(24)35)32(45)40(5)6/h11-14,18-19,22,27,37H,7-10,15-17,21H2,1-6H3/t27-/m0/s1. The number of hydrogen-bond acceptors (Lipinski definition) is 8. The van der Waals surface area contributed by atoms with Crippen molar-refractivity contribution in [2.75, 3.05) is 47.8 Å². The molecule has 12 nitrogen and oxygen atoms in total. The number of hydrogen-bond donors (Lipinski definition) is 1. The zero-order valence-corrected chi connectivity index (χ0v) is 28.0. The average Bonchev–Trinajstić information content (AvgIpc) is 3.67. The van der Waals surface area contributed by atoms with Crippen molar-refractivity contribution in [3.8, 4) is 6.07 Å². The van der Waals surface area contributed by atoms with E-state index in [0.717, 1.165) is 28.7 Å². The van der Waals surface area contributed by atoms with Gasteiger partial charge in [0.05, 0.1) is 24.1 Å². The van der Waals surface area contributed by atoms with Crippen molar-refractivity contribution in [3.63, 3.8) is 0 Å². The first kappa shape index (κ1) is 33.6. The van der Waals surface area contributed by atoms with Crippen LogP contribution in [0.3, 0.4) is 0 Å². The fraction of sp³-hybridized carbons (Fsp3) is 0.486. The van der Waals surface area contributed by atoms with E-state index in [-0.39, 0.29) is 30.3 Å². The van der Waals surface area contributed by atoms with Crippen molar-refractivity contribution >= 4 is 17.7 Å². The van der Waals surface area contributed by atoms with Crippen molar-refractivity contribution in [1.82, 2.24) is 29.7 Å². The van der Waals surface area contributed by atoms with E-state index in [1.54, 1.807) is 50.0 Å². The van der Waals surface area contributed by atoms with Gasteiger partial charge >= 0.3 is 5.76 Å². The molecule has 0 saturated carbocycles. The summed E-state index contributed by atoms with van der Waals surface area (Å²) >= 11 is 0. The van der Waals surface area contributed by atoms with E-state index in [2.05, 4.69) is 16.4 Å². The van der Waals surface area contributed by atoms with Gasteiger partial charge in [-0.2, -0.15) is 15.0 Å². The van der Waals surface area contributed by atoms with Gasteiger partial charge in [0, 0.05) is 45.9 Å². The topological polar surface area (TPSA) is 145 Å². The third kappa shape index (κ3) is 6.32. The Kier molecular flexibility index (Phi) is 9.68. The van der Waals surface area contributed by atoms with Gasteiger partial charge in [0.25, 0.3) is 11.8 Å². The molecule has 2 heterocycles. The smallest absolute Gasteiger partial charge is 0.345 e. The second-order valence-electron chi connectivity index (χ2n) is 13.1. The highest BCUT2D eigenvalue weighted by atomic mass is 16.5. The van der Waals surface area contributed by atoms with Crippen molar-refractivity contribution < 1.29 is 18.9 Å². The van der Waals surface area contributed by atoms with Crippen LogP contribution in [0.2, 0.25) is 0 Å². The number of amides is 3. The Labute approximate surface area is 274 Å². The molecule has 1 fully saturated rings. The fourth-order valence-electron chi connectivity index (χ4n) is 6.94. The molecule has 0 bridgehead atoms. The van der Waals surface area contributed by atoms with Crippen LogP contribution in [-0.2, 0) is 23.1 Å². The van der Waals surface area contributed by atoms with Gasteiger partial charge in [-0.25, -0.2) is 4.79 Å². The number of aromatic nitrogens is 2. The maximum Gasteiger partial charge on any atom is 0.459 e. The first-order valence-corrected chi connectivity index (χ1v) is 16.1. The average molecular weight is 642 g/mol. The summed E-state index contributed by atoms with van der Waals surface area (Å²) in [4.78, 5) is 61.3. The zero-order valence-electron chi connectivity index (χ0n) is 28.0. The van der Waals surface area contributed by atoms with Crippen molar-refractivity contribution in [2.24, 2.45) is 0 Å². The molecule has 2 aromatic carbocycles. The maximum atomic E-state index is 13.1. The number of aryl methyl sites for hydroxylation is 2. The quantitative estimate of drug-likeness (QED) is 0.351. The summed E-state index contributed by atoms with van der Waals surface area (Å²) in [6, 6.07) is 12.9. The van der Waals surface area contributed by atoms with Crippen LogP contribution in [0, 0.1) is 11.3 Å². The zero-order chi connectivity index (χ0) is 34.0. The molecule has 1 saturated heterocycles. The molecule has 3 amide bonds. The molecule has 47 heavy (non-hydrogen) atoms. The molecule has 1 aromatic heterocycles. The molecule has 0 unspecified atom stereocenters. The van der Waals surface area contributed by atoms with Crippen LogP contribution in [0.25, 0.3) is 0 Å². The van der Waals surface area contributed by atoms with E-state index in [1.807, 2.05) is 38.1 Å². The second kappa shape index (κ2) is 13.5. The summed E-state index contributed by atoms with van der Waals surface area (Å²) in [6.07, 6.45) is 3.02. The van der Waals surface area contributed by atoms with Crippen molar-refractivity contribution in [1.29, 1.82) is 5.26 Å². The number of rotatable bonds is 9. The minimum atomic E-state index is -1.05. The highest BCUT2D eigenvalue weighted by Gasteiger charge is 2.46. The molecule has 3 aromatic rings. The van der Waals surface area contributed by atoms with Gasteiger partial charge in [-0.3, -0.25) is 14.4 Å². The highest BCUT2D eigenvalue weighted by molar-refractivity contribution is 5.95. The number of nitriles is 1. The summed E-state index contributed by atoms with van der Waals surface area (Å²) in [5.74, 6) is -0.699. The fourth-order valence-corrected chi connectivity index (χ4v) is 6.94. The van der Waals surface area contributed by atoms with Crippen LogP contribution in [-0.4, -0.2) is 96.0 Å². The molecular weight excluding hydrogens is 598 g/mol. The van der Waals surface area contributed by atoms with Crippen LogP contribution < -0.4 is 11.1 Å². The Morgan fingerprint density at radius 3 is 2.11 bits per heavy atom. The summed E-state index contributed by atoms with van der Waals surface area (Å²) in [6.45, 7) is 4.79. The van der Waals surface area contributed by atoms with E-state index in [1.165, 1.54) is 9.80 Å². The van der Waals surface area contributed by atoms with E-state index >= 15 is 0 Å². The molecule has 1 aliphatic heterocycles. The number of benzene rings is 2. The molecule has 2 aliphatic rings. The van der Waals surface area contributed by atoms with E-state index in [4.69, 9.17) is 4.52 Å². The van der Waals surface area contributed by atoms with Gasteiger partial charge in [0.1, 0.15) is 6.04 Å². The number of carbonyl (C=O) groups excluding carboxylic acids is 3. The predicted molar refractivity (Wildman–Crippen MR) is 175 cm³/mol. The Hall–Kier alpha value is -4.76. The molecule has 0 radical (unpaired) electrons. The van der Waals surface area contributed by atoms with Crippen LogP contribution in [0.4, 0.5) is 0 Å². The van der Waals surface area contributed by atoms with Crippen molar-refractivity contribution in [2.45, 2.75) is 63.5 Å². The molecule has 5 rings (SSSR count). The SMILES string of the molecule is CC(C)n1oc(=O)nc1C1(CCNCC(=O)N2CCC[C@H]2C#N)c2ccc(C(=O)N(C)C)cc2CCc2cc(C(=O)N(C)C)ccc21. The van der Waals surface area contributed by atoms with Gasteiger partial charge in [-0.05, 0) is 99.0 Å². The van der Waals surface area contributed by atoms with Crippen LogP contribution >= 0.6 is 0 Å². The number of carbonyl (C=O) groups is 3. The van der Waals surface area contributed by atoms with Crippen LogP contribution in [0.5, 0.6) is 0 Å². The van der Waals surface area contributed by atoms with Gasteiger partial charge < -0.3 is 24.5 Å². The Bertz CT molecular complexity index is 1710.